The second kappa shape index (κ2) is 10.4. The lowest BCUT2D eigenvalue weighted by molar-refractivity contribution is -0.133. The van der Waals surface area contributed by atoms with Crippen LogP contribution in [0.25, 0.3) is 11.4 Å². The summed E-state index contributed by atoms with van der Waals surface area (Å²) in [7, 11) is 1.62. The Hall–Kier alpha value is -3.22. The lowest BCUT2D eigenvalue weighted by atomic mass is 10.1. The van der Waals surface area contributed by atoms with Gasteiger partial charge in [0.25, 0.3) is 0 Å². The van der Waals surface area contributed by atoms with Gasteiger partial charge in [0.2, 0.25) is 17.6 Å². The van der Waals surface area contributed by atoms with Gasteiger partial charge in [0.05, 0.1) is 7.11 Å². The van der Waals surface area contributed by atoms with Crippen molar-refractivity contribution in [2.45, 2.75) is 51.0 Å². The van der Waals surface area contributed by atoms with E-state index in [2.05, 4.69) is 10.1 Å². The molecule has 2 aromatic carbocycles. The zero-order chi connectivity index (χ0) is 22.3. The number of hydrogen-bond acceptors (Lipinski definition) is 5. The third-order valence-corrected chi connectivity index (χ3v) is 6.01. The number of methoxy groups -OCH3 is 1. The van der Waals surface area contributed by atoms with Gasteiger partial charge < -0.3 is 14.2 Å². The number of amides is 1. The fraction of sp³-hybridized carbons (Fsp3) is 0.400. The molecule has 1 fully saturated rings. The number of carbonyl (C=O) groups is 1. The van der Waals surface area contributed by atoms with E-state index >= 15 is 0 Å². The van der Waals surface area contributed by atoms with Crippen LogP contribution in [-0.4, -0.2) is 40.6 Å². The Morgan fingerprint density at radius 2 is 1.81 bits per heavy atom. The van der Waals surface area contributed by atoms with Crippen molar-refractivity contribution in [3.05, 3.63) is 65.8 Å². The molecule has 3 aromatic rings. The molecule has 0 saturated heterocycles. The topological polar surface area (TPSA) is 68.5 Å². The van der Waals surface area contributed by atoms with Crippen LogP contribution >= 0.6 is 0 Å². The van der Waals surface area contributed by atoms with Gasteiger partial charge in [-0.25, -0.2) is 4.39 Å². The number of rotatable bonds is 9. The van der Waals surface area contributed by atoms with E-state index in [1.54, 1.807) is 19.2 Å². The van der Waals surface area contributed by atoms with E-state index in [0.29, 0.717) is 37.5 Å². The number of aromatic nitrogens is 2. The summed E-state index contributed by atoms with van der Waals surface area (Å²) in [5.74, 6) is 1.57. The number of nitrogens with zero attached hydrogens (tertiary/aromatic N) is 3. The summed E-state index contributed by atoms with van der Waals surface area (Å²) >= 11 is 0. The number of carbonyl (C=O) groups excluding carboxylic acids is 1. The molecule has 0 aliphatic heterocycles. The van der Waals surface area contributed by atoms with Gasteiger partial charge in [-0.1, -0.05) is 30.1 Å². The highest BCUT2D eigenvalue weighted by molar-refractivity contribution is 5.76. The molecule has 1 heterocycles. The fourth-order valence-electron chi connectivity index (χ4n) is 4.20. The molecular formula is C25H28FN3O3. The van der Waals surface area contributed by atoms with Gasteiger partial charge in [0.15, 0.2) is 0 Å². The monoisotopic (exact) mass is 437 g/mol. The largest absolute Gasteiger partial charge is 0.497 e. The molecule has 1 amide bonds. The maximum atomic E-state index is 13.2. The van der Waals surface area contributed by atoms with Crippen molar-refractivity contribution in [2.24, 2.45) is 0 Å². The molecule has 0 radical (unpaired) electrons. The van der Waals surface area contributed by atoms with Gasteiger partial charge in [0.1, 0.15) is 11.6 Å². The summed E-state index contributed by atoms with van der Waals surface area (Å²) < 4.78 is 23.7. The van der Waals surface area contributed by atoms with Gasteiger partial charge in [-0.15, -0.1) is 0 Å². The predicted molar refractivity (Wildman–Crippen MR) is 119 cm³/mol. The van der Waals surface area contributed by atoms with E-state index in [9.17, 15) is 9.18 Å². The first-order chi connectivity index (χ1) is 15.6. The lowest BCUT2D eigenvalue weighted by Crippen LogP contribution is -2.40. The van der Waals surface area contributed by atoms with E-state index in [4.69, 9.17) is 9.26 Å². The summed E-state index contributed by atoms with van der Waals surface area (Å²) in [6.07, 6.45) is 5.82. The van der Waals surface area contributed by atoms with Crippen LogP contribution in [0.15, 0.2) is 53.1 Å². The Morgan fingerprint density at radius 1 is 1.09 bits per heavy atom. The van der Waals surface area contributed by atoms with E-state index < -0.39 is 0 Å². The quantitative estimate of drug-likeness (QED) is 0.480. The molecule has 4 rings (SSSR count). The molecule has 168 valence electrons. The van der Waals surface area contributed by atoms with Gasteiger partial charge in [-0.2, -0.15) is 4.98 Å². The van der Waals surface area contributed by atoms with Crippen molar-refractivity contribution >= 4 is 5.91 Å². The van der Waals surface area contributed by atoms with Crippen molar-refractivity contribution < 1.29 is 18.4 Å². The Labute approximate surface area is 187 Å². The van der Waals surface area contributed by atoms with Crippen LogP contribution in [0.1, 0.15) is 43.6 Å². The normalized spacial score (nSPS) is 13.9. The van der Waals surface area contributed by atoms with Crippen molar-refractivity contribution in [3.63, 3.8) is 0 Å². The predicted octanol–water partition coefficient (Wildman–Crippen LogP) is 4.83. The minimum atomic E-state index is -0.244. The maximum Gasteiger partial charge on any atom is 0.227 e. The molecule has 32 heavy (non-hydrogen) atoms. The van der Waals surface area contributed by atoms with Crippen LogP contribution in [0, 0.1) is 5.82 Å². The number of benzene rings is 2. The Morgan fingerprint density at radius 3 is 2.50 bits per heavy atom. The molecule has 0 spiro atoms. The fourth-order valence-corrected chi connectivity index (χ4v) is 4.20. The smallest absolute Gasteiger partial charge is 0.227 e. The number of halogens is 1. The van der Waals surface area contributed by atoms with Gasteiger partial charge >= 0.3 is 0 Å². The van der Waals surface area contributed by atoms with Gasteiger partial charge in [-0.05, 0) is 61.2 Å². The lowest BCUT2D eigenvalue weighted by Gasteiger charge is -2.29. The van der Waals surface area contributed by atoms with E-state index in [1.165, 1.54) is 12.1 Å². The van der Waals surface area contributed by atoms with Gasteiger partial charge in [0, 0.05) is 31.0 Å². The highest BCUT2D eigenvalue weighted by atomic mass is 19.1. The molecule has 7 heteroatoms. The average Bonchev–Trinajstić information content (AvgIpc) is 3.52. The second-order valence-electron chi connectivity index (χ2n) is 8.14. The minimum Gasteiger partial charge on any atom is -0.497 e. The Kier molecular flexibility index (Phi) is 7.14. The summed E-state index contributed by atoms with van der Waals surface area (Å²) in [6.45, 7) is 0.635. The van der Waals surface area contributed by atoms with Crippen molar-refractivity contribution in [1.29, 1.82) is 0 Å². The van der Waals surface area contributed by atoms with Crippen LogP contribution in [-0.2, 0) is 17.6 Å². The first-order valence-corrected chi connectivity index (χ1v) is 11.1. The summed E-state index contributed by atoms with van der Waals surface area (Å²) in [6, 6.07) is 14.2. The van der Waals surface area contributed by atoms with Crippen molar-refractivity contribution in [1.82, 2.24) is 15.0 Å². The highest BCUT2D eigenvalue weighted by Gasteiger charge is 2.26. The van der Waals surface area contributed by atoms with Crippen LogP contribution in [0.3, 0.4) is 0 Å². The molecule has 0 unspecified atom stereocenters. The SMILES string of the molecule is COc1ccc(-c2noc(CCC(=O)N(CCc3ccc(F)cc3)C3CCCC3)n2)cc1. The number of aryl methyl sites for hydroxylation is 1. The molecule has 0 atom stereocenters. The average molecular weight is 438 g/mol. The summed E-state index contributed by atoms with van der Waals surface area (Å²) in [5.41, 5.74) is 1.86. The highest BCUT2D eigenvalue weighted by Crippen LogP contribution is 2.25. The zero-order valence-corrected chi connectivity index (χ0v) is 18.3. The molecule has 1 saturated carbocycles. The van der Waals surface area contributed by atoms with Crippen LogP contribution < -0.4 is 4.74 Å². The molecule has 0 bridgehead atoms. The van der Waals surface area contributed by atoms with E-state index in [1.807, 2.05) is 29.2 Å². The summed E-state index contributed by atoms with van der Waals surface area (Å²) in [4.78, 5) is 19.5. The van der Waals surface area contributed by atoms with Crippen molar-refractivity contribution in [3.8, 4) is 17.1 Å². The molecule has 1 aliphatic rings. The number of ether oxygens (including phenoxy) is 1. The second-order valence-corrected chi connectivity index (χ2v) is 8.14. The van der Waals surface area contributed by atoms with Crippen LogP contribution in [0.5, 0.6) is 5.75 Å². The number of hydrogen-bond donors (Lipinski definition) is 0. The standard InChI is InChI=1S/C25H28FN3O3/c1-31-22-12-8-19(9-13-22)25-27-23(32-28-25)14-15-24(30)29(21-4-2-3-5-21)17-16-18-6-10-20(26)11-7-18/h6-13,21H,2-5,14-17H2,1H3. The Bertz CT molecular complexity index is 1010. The minimum absolute atomic E-state index is 0.100. The molecule has 0 N–H and O–H groups in total. The van der Waals surface area contributed by atoms with Gasteiger partial charge in [-0.3, -0.25) is 4.79 Å². The summed E-state index contributed by atoms with van der Waals surface area (Å²) in [5, 5.41) is 4.04. The van der Waals surface area contributed by atoms with Crippen LogP contribution in [0.2, 0.25) is 0 Å². The zero-order valence-electron chi connectivity index (χ0n) is 18.3. The molecule has 1 aromatic heterocycles. The molecule has 6 nitrogen and oxygen atoms in total. The maximum absolute atomic E-state index is 13.2. The first kappa shape index (κ1) is 22.0. The Balaban J connectivity index is 1.36. The third kappa shape index (κ3) is 5.52. The van der Waals surface area contributed by atoms with E-state index in [-0.39, 0.29) is 17.8 Å². The van der Waals surface area contributed by atoms with Crippen LogP contribution in [0.4, 0.5) is 4.39 Å². The van der Waals surface area contributed by atoms with Crippen molar-refractivity contribution in [2.75, 3.05) is 13.7 Å². The first-order valence-electron chi connectivity index (χ1n) is 11.1. The third-order valence-electron chi connectivity index (χ3n) is 6.01. The van der Waals surface area contributed by atoms with E-state index in [0.717, 1.165) is 42.6 Å². The molecular weight excluding hydrogens is 409 g/mol. The molecule has 1 aliphatic carbocycles.